The van der Waals surface area contributed by atoms with Crippen LogP contribution in [0.25, 0.3) is 0 Å². The van der Waals surface area contributed by atoms with E-state index in [9.17, 15) is 19.7 Å². The molecule has 31 heavy (non-hydrogen) atoms. The number of anilines is 1. The van der Waals surface area contributed by atoms with E-state index in [1.165, 1.54) is 18.2 Å². The van der Waals surface area contributed by atoms with Gasteiger partial charge in [-0.25, -0.2) is 0 Å². The molecule has 3 rings (SSSR count). The number of rotatable bonds is 7. The summed E-state index contributed by atoms with van der Waals surface area (Å²) in [5.74, 6) is -1.12. The first-order chi connectivity index (χ1) is 15.0. The Bertz CT molecular complexity index is 928. The Morgan fingerprint density at radius 2 is 1.81 bits per heavy atom. The van der Waals surface area contributed by atoms with Crippen molar-refractivity contribution in [1.29, 1.82) is 0 Å². The van der Waals surface area contributed by atoms with Crippen molar-refractivity contribution in [1.82, 2.24) is 10.2 Å². The van der Waals surface area contributed by atoms with Crippen LogP contribution in [0.4, 0.5) is 11.4 Å². The van der Waals surface area contributed by atoms with Crippen molar-refractivity contribution in [3.05, 3.63) is 64.2 Å². The van der Waals surface area contributed by atoms with Crippen molar-refractivity contribution in [3.63, 3.8) is 0 Å². The first-order valence-electron chi connectivity index (χ1n) is 9.78. The van der Waals surface area contributed by atoms with Crippen LogP contribution in [0, 0.1) is 10.1 Å². The lowest BCUT2D eigenvalue weighted by Gasteiger charge is -2.34. The molecule has 0 saturated carbocycles. The van der Waals surface area contributed by atoms with Crippen LogP contribution in [0.2, 0.25) is 0 Å². The van der Waals surface area contributed by atoms with Gasteiger partial charge in [0.2, 0.25) is 0 Å². The number of nitrogens with zero attached hydrogens (tertiary/aromatic N) is 2. The van der Waals surface area contributed by atoms with Crippen molar-refractivity contribution >= 4 is 23.2 Å². The lowest BCUT2D eigenvalue weighted by Crippen LogP contribution is -2.45. The molecular formula is C21H24N4O6. The number of amides is 2. The molecule has 2 aromatic rings. The predicted molar refractivity (Wildman–Crippen MR) is 113 cm³/mol. The molecule has 1 saturated heterocycles. The lowest BCUT2D eigenvalue weighted by atomic mass is 10.0. The zero-order valence-corrected chi connectivity index (χ0v) is 17.1. The van der Waals surface area contributed by atoms with Gasteiger partial charge in [-0.15, -0.1) is 0 Å². The number of para-hydroxylation sites is 2. The molecule has 0 aromatic heterocycles. The number of nitrogens with one attached hydrogen (secondary N) is 2. The highest BCUT2D eigenvalue weighted by Crippen LogP contribution is 2.24. The van der Waals surface area contributed by atoms with Gasteiger partial charge in [0, 0.05) is 25.7 Å². The molecule has 0 unspecified atom stereocenters. The number of hydrogen-bond donors (Lipinski definition) is 2. The van der Waals surface area contributed by atoms with Crippen molar-refractivity contribution in [2.45, 2.75) is 6.04 Å². The maximum absolute atomic E-state index is 12.4. The van der Waals surface area contributed by atoms with E-state index in [-0.39, 0.29) is 24.0 Å². The Balaban J connectivity index is 1.67. The molecular weight excluding hydrogens is 404 g/mol. The van der Waals surface area contributed by atoms with Gasteiger partial charge >= 0.3 is 11.8 Å². The van der Waals surface area contributed by atoms with Gasteiger partial charge in [-0.2, -0.15) is 0 Å². The number of hydrogen-bond acceptors (Lipinski definition) is 7. The Labute approximate surface area is 179 Å². The molecule has 2 N–H and O–H groups in total. The maximum Gasteiger partial charge on any atom is 0.313 e. The molecule has 1 heterocycles. The van der Waals surface area contributed by atoms with Gasteiger partial charge in [0.1, 0.15) is 11.4 Å². The molecule has 0 spiro atoms. The number of nitro groups is 1. The molecule has 0 radical (unpaired) electrons. The van der Waals surface area contributed by atoms with Gasteiger partial charge in [0.25, 0.3) is 5.69 Å². The van der Waals surface area contributed by atoms with Crippen LogP contribution >= 0.6 is 0 Å². The standard InChI is InChI=1S/C21H24N4O6/c1-30-16-8-6-15(7-9-16)19(24-10-12-31-13-11-24)14-22-20(26)21(27)23-17-4-2-3-5-18(17)25(28)29/h2-9,19H,10-14H2,1H3,(H,22,26)(H,23,27)/t19-/m1/s1. The highest BCUT2D eigenvalue weighted by atomic mass is 16.6. The van der Waals surface area contributed by atoms with Crippen molar-refractivity contribution < 1.29 is 24.0 Å². The van der Waals surface area contributed by atoms with Crippen LogP contribution in [0.15, 0.2) is 48.5 Å². The highest BCUT2D eigenvalue weighted by Gasteiger charge is 2.25. The number of carbonyl (C=O) groups excluding carboxylic acids is 2. The smallest absolute Gasteiger partial charge is 0.313 e. The van der Waals surface area contributed by atoms with Gasteiger partial charge in [-0.1, -0.05) is 24.3 Å². The second-order valence-electron chi connectivity index (χ2n) is 6.88. The van der Waals surface area contributed by atoms with Crippen LogP contribution in [-0.2, 0) is 14.3 Å². The Morgan fingerprint density at radius 3 is 2.45 bits per heavy atom. The van der Waals surface area contributed by atoms with E-state index in [4.69, 9.17) is 9.47 Å². The molecule has 164 valence electrons. The second kappa shape index (κ2) is 10.5. The molecule has 2 amide bonds. The zero-order chi connectivity index (χ0) is 22.2. The fourth-order valence-electron chi connectivity index (χ4n) is 3.36. The predicted octanol–water partition coefficient (Wildman–Crippen LogP) is 1.73. The highest BCUT2D eigenvalue weighted by molar-refractivity contribution is 6.39. The van der Waals surface area contributed by atoms with Crippen LogP contribution in [-0.4, -0.2) is 61.6 Å². The zero-order valence-electron chi connectivity index (χ0n) is 17.1. The molecule has 1 aliphatic heterocycles. The van der Waals surface area contributed by atoms with E-state index in [0.29, 0.717) is 26.3 Å². The Kier molecular flexibility index (Phi) is 7.52. The third-order valence-corrected chi connectivity index (χ3v) is 5.00. The molecule has 10 heteroatoms. The molecule has 1 fully saturated rings. The van der Waals surface area contributed by atoms with E-state index >= 15 is 0 Å². The number of methoxy groups -OCH3 is 1. The summed E-state index contributed by atoms with van der Waals surface area (Å²) in [5, 5.41) is 16.0. The van der Waals surface area contributed by atoms with Crippen molar-refractivity contribution in [2.24, 2.45) is 0 Å². The topological polar surface area (TPSA) is 123 Å². The minimum Gasteiger partial charge on any atom is -0.497 e. The van der Waals surface area contributed by atoms with Crippen LogP contribution in [0.5, 0.6) is 5.75 Å². The van der Waals surface area contributed by atoms with Crippen LogP contribution < -0.4 is 15.4 Å². The number of carbonyl (C=O) groups is 2. The van der Waals surface area contributed by atoms with Crippen LogP contribution in [0.1, 0.15) is 11.6 Å². The number of nitro benzene ring substituents is 1. The number of benzene rings is 2. The van der Waals surface area contributed by atoms with Gasteiger partial charge in [0.05, 0.1) is 31.3 Å². The van der Waals surface area contributed by atoms with E-state index < -0.39 is 16.7 Å². The summed E-state index contributed by atoms with van der Waals surface area (Å²) in [6.07, 6.45) is 0. The first-order valence-corrected chi connectivity index (χ1v) is 9.78. The summed E-state index contributed by atoms with van der Waals surface area (Å²) >= 11 is 0. The summed E-state index contributed by atoms with van der Waals surface area (Å²) in [5.41, 5.74) is 0.641. The molecule has 10 nitrogen and oxygen atoms in total. The minimum absolute atomic E-state index is 0.0347. The summed E-state index contributed by atoms with van der Waals surface area (Å²) in [6.45, 7) is 2.73. The third kappa shape index (κ3) is 5.77. The normalized spacial score (nSPS) is 15.0. The maximum atomic E-state index is 12.4. The SMILES string of the molecule is COc1ccc([C@@H](CNC(=O)C(=O)Nc2ccccc2[N+](=O)[O-])N2CCOCC2)cc1. The van der Waals surface area contributed by atoms with Crippen LogP contribution in [0.3, 0.4) is 0 Å². The van der Waals surface area contributed by atoms with E-state index in [0.717, 1.165) is 11.3 Å². The summed E-state index contributed by atoms with van der Waals surface area (Å²) in [4.78, 5) is 37.3. The summed E-state index contributed by atoms with van der Waals surface area (Å²) in [6, 6.07) is 13.0. The van der Waals surface area contributed by atoms with Crippen molar-refractivity contribution in [3.8, 4) is 5.75 Å². The monoisotopic (exact) mass is 428 g/mol. The quantitative estimate of drug-likeness (QED) is 0.391. The number of ether oxygens (including phenoxy) is 2. The van der Waals surface area contributed by atoms with E-state index in [1.54, 1.807) is 13.2 Å². The Morgan fingerprint density at radius 1 is 1.13 bits per heavy atom. The van der Waals surface area contributed by atoms with Gasteiger partial charge in [-0.3, -0.25) is 24.6 Å². The van der Waals surface area contributed by atoms with Gasteiger partial charge in [0.15, 0.2) is 0 Å². The lowest BCUT2D eigenvalue weighted by molar-refractivity contribution is -0.383. The van der Waals surface area contributed by atoms with E-state index in [1.807, 2.05) is 24.3 Å². The molecule has 0 bridgehead atoms. The number of morpholine rings is 1. The second-order valence-corrected chi connectivity index (χ2v) is 6.88. The average Bonchev–Trinajstić information content (AvgIpc) is 2.80. The summed E-state index contributed by atoms with van der Waals surface area (Å²) in [7, 11) is 1.59. The first kappa shape index (κ1) is 22.2. The molecule has 1 aliphatic rings. The Hall–Kier alpha value is -3.50. The molecule has 0 aliphatic carbocycles. The van der Waals surface area contributed by atoms with Gasteiger partial charge in [-0.05, 0) is 23.8 Å². The van der Waals surface area contributed by atoms with Gasteiger partial charge < -0.3 is 20.1 Å². The van der Waals surface area contributed by atoms with Crippen molar-refractivity contribution in [2.75, 3.05) is 45.3 Å². The average molecular weight is 428 g/mol. The van der Waals surface area contributed by atoms with E-state index in [2.05, 4.69) is 15.5 Å². The minimum atomic E-state index is -0.968. The third-order valence-electron chi connectivity index (χ3n) is 5.00. The largest absolute Gasteiger partial charge is 0.497 e. The molecule has 1 atom stereocenters. The fraction of sp³-hybridized carbons (Fsp3) is 0.333. The molecule has 2 aromatic carbocycles. The summed E-state index contributed by atoms with van der Waals surface area (Å²) < 4.78 is 10.6. The fourth-order valence-corrected chi connectivity index (χ4v) is 3.36.